The number of carbonyl (C=O) groups is 2. The standard InChI is InChI=1S/C26H26Cl2N2O2S/c1-2-29-26(32)24(16-19-9-5-3-6-10-19)30(17-20-13-14-22(27)23(28)15-20)25(31)18-33-21-11-7-4-8-12-21/h3-15,24H,2,16-18H2,1H3,(H,29,32)/t24-/m1/s1. The van der Waals surface area contributed by atoms with Crippen molar-refractivity contribution in [2.24, 2.45) is 0 Å². The second kappa shape index (κ2) is 12.7. The zero-order valence-electron chi connectivity index (χ0n) is 18.3. The first-order valence-corrected chi connectivity index (χ1v) is 12.4. The predicted octanol–water partition coefficient (Wildman–Crippen LogP) is 5.86. The number of likely N-dealkylation sites (N-methyl/N-ethyl adjacent to an activating group) is 1. The molecule has 1 N–H and O–H groups in total. The number of hydrogen-bond acceptors (Lipinski definition) is 3. The van der Waals surface area contributed by atoms with Crippen LogP contribution in [-0.4, -0.2) is 35.1 Å². The molecule has 0 bridgehead atoms. The first kappa shape index (κ1) is 25.2. The minimum atomic E-state index is -0.661. The predicted molar refractivity (Wildman–Crippen MR) is 137 cm³/mol. The Hall–Kier alpha value is -2.47. The SMILES string of the molecule is CCNC(=O)[C@@H](Cc1ccccc1)N(Cc1ccc(Cl)c(Cl)c1)C(=O)CSc1ccccc1. The lowest BCUT2D eigenvalue weighted by Gasteiger charge is -2.31. The molecule has 0 saturated carbocycles. The van der Waals surface area contributed by atoms with E-state index in [4.69, 9.17) is 23.2 Å². The number of benzene rings is 3. The number of amides is 2. The van der Waals surface area contributed by atoms with Gasteiger partial charge in [-0.25, -0.2) is 0 Å². The number of hydrogen-bond donors (Lipinski definition) is 1. The van der Waals surface area contributed by atoms with Crippen LogP contribution in [0.1, 0.15) is 18.1 Å². The maximum atomic E-state index is 13.5. The smallest absolute Gasteiger partial charge is 0.243 e. The van der Waals surface area contributed by atoms with Crippen molar-refractivity contribution in [3.8, 4) is 0 Å². The molecule has 3 rings (SSSR count). The van der Waals surface area contributed by atoms with Gasteiger partial charge < -0.3 is 10.2 Å². The van der Waals surface area contributed by atoms with Crippen molar-refractivity contribution in [2.45, 2.75) is 30.8 Å². The molecule has 33 heavy (non-hydrogen) atoms. The number of nitrogens with zero attached hydrogens (tertiary/aromatic N) is 1. The van der Waals surface area contributed by atoms with Gasteiger partial charge >= 0.3 is 0 Å². The maximum absolute atomic E-state index is 13.5. The summed E-state index contributed by atoms with van der Waals surface area (Å²) >= 11 is 13.8. The third kappa shape index (κ3) is 7.53. The minimum absolute atomic E-state index is 0.123. The quantitative estimate of drug-likeness (QED) is 0.354. The Morgan fingerprint density at radius 2 is 1.58 bits per heavy atom. The first-order chi connectivity index (χ1) is 16.0. The number of rotatable bonds is 10. The van der Waals surface area contributed by atoms with E-state index in [0.29, 0.717) is 23.0 Å². The van der Waals surface area contributed by atoms with Gasteiger partial charge in [0.05, 0.1) is 15.8 Å². The highest BCUT2D eigenvalue weighted by molar-refractivity contribution is 8.00. The molecule has 0 spiro atoms. The molecular weight excluding hydrogens is 475 g/mol. The highest BCUT2D eigenvalue weighted by Crippen LogP contribution is 2.25. The van der Waals surface area contributed by atoms with Crippen molar-refractivity contribution >= 4 is 46.8 Å². The number of nitrogens with one attached hydrogen (secondary N) is 1. The van der Waals surface area contributed by atoms with Gasteiger partial charge in [-0.2, -0.15) is 0 Å². The van der Waals surface area contributed by atoms with Crippen LogP contribution in [0.4, 0.5) is 0 Å². The van der Waals surface area contributed by atoms with Gasteiger partial charge in [0, 0.05) is 24.4 Å². The van der Waals surface area contributed by atoms with Gasteiger partial charge in [0.1, 0.15) is 6.04 Å². The fourth-order valence-corrected chi connectivity index (χ4v) is 4.55. The van der Waals surface area contributed by atoms with E-state index in [0.717, 1.165) is 16.0 Å². The third-order valence-electron chi connectivity index (χ3n) is 5.06. The van der Waals surface area contributed by atoms with Gasteiger partial charge in [0.2, 0.25) is 11.8 Å². The zero-order valence-corrected chi connectivity index (χ0v) is 20.7. The van der Waals surface area contributed by atoms with Crippen LogP contribution in [0.3, 0.4) is 0 Å². The average Bonchev–Trinajstić information content (AvgIpc) is 2.83. The van der Waals surface area contributed by atoms with E-state index in [-0.39, 0.29) is 24.1 Å². The number of thioether (sulfide) groups is 1. The van der Waals surface area contributed by atoms with Crippen molar-refractivity contribution < 1.29 is 9.59 Å². The van der Waals surface area contributed by atoms with Crippen molar-refractivity contribution in [3.05, 3.63) is 100 Å². The Kier molecular flexibility index (Phi) is 9.67. The summed E-state index contributed by atoms with van der Waals surface area (Å²) in [7, 11) is 0. The van der Waals surface area contributed by atoms with Crippen LogP contribution in [0.15, 0.2) is 83.8 Å². The molecule has 0 unspecified atom stereocenters. The van der Waals surface area contributed by atoms with E-state index in [9.17, 15) is 9.59 Å². The normalized spacial score (nSPS) is 11.6. The van der Waals surface area contributed by atoms with Crippen molar-refractivity contribution in [1.29, 1.82) is 0 Å². The zero-order chi connectivity index (χ0) is 23.6. The highest BCUT2D eigenvalue weighted by Gasteiger charge is 2.30. The van der Waals surface area contributed by atoms with Crippen LogP contribution < -0.4 is 5.32 Å². The van der Waals surface area contributed by atoms with Gasteiger partial charge in [-0.05, 0) is 42.3 Å². The average molecular weight is 501 g/mol. The molecule has 0 aromatic heterocycles. The van der Waals surface area contributed by atoms with E-state index in [1.807, 2.05) is 73.7 Å². The lowest BCUT2D eigenvalue weighted by Crippen LogP contribution is -2.51. The van der Waals surface area contributed by atoms with Crippen LogP contribution >= 0.6 is 35.0 Å². The lowest BCUT2D eigenvalue weighted by atomic mass is 10.0. The van der Waals surface area contributed by atoms with Gasteiger partial charge in [-0.3, -0.25) is 9.59 Å². The molecule has 0 heterocycles. The van der Waals surface area contributed by atoms with Crippen LogP contribution in [0.25, 0.3) is 0 Å². The number of carbonyl (C=O) groups excluding carboxylic acids is 2. The molecule has 0 aliphatic rings. The molecule has 0 aliphatic heterocycles. The Labute approximate surface area is 209 Å². The summed E-state index contributed by atoms with van der Waals surface area (Å²) in [4.78, 5) is 29.2. The summed E-state index contributed by atoms with van der Waals surface area (Å²) in [6.45, 7) is 2.60. The molecule has 0 aliphatic carbocycles. The molecule has 0 saturated heterocycles. The summed E-state index contributed by atoms with van der Waals surface area (Å²) in [6.07, 6.45) is 0.412. The summed E-state index contributed by atoms with van der Waals surface area (Å²) in [5.74, 6) is -0.0858. The van der Waals surface area contributed by atoms with Gasteiger partial charge in [-0.1, -0.05) is 77.8 Å². The van der Waals surface area contributed by atoms with Gasteiger partial charge in [0.25, 0.3) is 0 Å². The Balaban J connectivity index is 1.90. The molecular formula is C26H26Cl2N2O2S. The van der Waals surface area contributed by atoms with Gasteiger partial charge in [0.15, 0.2) is 0 Å². The second-order valence-corrected chi connectivity index (χ2v) is 9.34. The van der Waals surface area contributed by atoms with E-state index in [2.05, 4.69) is 5.32 Å². The summed E-state index contributed by atoms with van der Waals surface area (Å²) in [6, 6.07) is 24.1. The van der Waals surface area contributed by atoms with Crippen molar-refractivity contribution in [1.82, 2.24) is 10.2 Å². The molecule has 0 fully saturated rings. The van der Waals surface area contributed by atoms with E-state index in [1.54, 1.807) is 17.0 Å². The molecule has 7 heteroatoms. The molecule has 172 valence electrons. The molecule has 3 aromatic carbocycles. The minimum Gasteiger partial charge on any atom is -0.355 e. The van der Waals surface area contributed by atoms with E-state index < -0.39 is 6.04 Å². The van der Waals surface area contributed by atoms with Crippen LogP contribution in [0.2, 0.25) is 10.0 Å². The second-order valence-electron chi connectivity index (χ2n) is 7.47. The fourth-order valence-electron chi connectivity index (χ4n) is 3.43. The first-order valence-electron chi connectivity index (χ1n) is 10.7. The fraction of sp³-hybridized carbons (Fsp3) is 0.231. The molecule has 1 atom stereocenters. The van der Waals surface area contributed by atoms with Crippen LogP contribution in [0.5, 0.6) is 0 Å². The summed E-state index contributed by atoms with van der Waals surface area (Å²) < 4.78 is 0. The lowest BCUT2D eigenvalue weighted by molar-refractivity contribution is -0.139. The Morgan fingerprint density at radius 3 is 2.21 bits per heavy atom. The van der Waals surface area contributed by atoms with Crippen LogP contribution in [0, 0.1) is 0 Å². The van der Waals surface area contributed by atoms with E-state index in [1.165, 1.54) is 11.8 Å². The topological polar surface area (TPSA) is 49.4 Å². The summed E-state index contributed by atoms with van der Waals surface area (Å²) in [5, 5.41) is 3.76. The molecule has 4 nitrogen and oxygen atoms in total. The highest BCUT2D eigenvalue weighted by atomic mass is 35.5. The molecule has 2 amide bonds. The van der Waals surface area contributed by atoms with Gasteiger partial charge in [-0.15, -0.1) is 11.8 Å². The van der Waals surface area contributed by atoms with E-state index >= 15 is 0 Å². The van der Waals surface area contributed by atoms with Crippen LogP contribution in [-0.2, 0) is 22.6 Å². The maximum Gasteiger partial charge on any atom is 0.243 e. The molecule has 3 aromatic rings. The summed E-state index contributed by atoms with van der Waals surface area (Å²) in [5.41, 5.74) is 1.79. The monoisotopic (exact) mass is 500 g/mol. The Bertz CT molecular complexity index is 1060. The third-order valence-corrected chi connectivity index (χ3v) is 6.80. The van der Waals surface area contributed by atoms with Crippen molar-refractivity contribution in [2.75, 3.05) is 12.3 Å². The largest absolute Gasteiger partial charge is 0.355 e. The Morgan fingerprint density at radius 1 is 0.909 bits per heavy atom. The van der Waals surface area contributed by atoms with Crippen molar-refractivity contribution in [3.63, 3.8) is 0 Å². The number of halogens is 2. The molecule has 0 radical (unpaired) electrons.